The number of carbonyl (C=O) groups is 2. The quantitative estimate of drug-likeness (QED) is 0.187. The zero-order valence-corrected chi connectivity index (χ0v) is 20.7. The molecule has 4 rings (SSSR count). The molecule has 4 aromatic rings. The van der Waals surface area contributed by atoms with Crippen molar-refractivity contribution in [3.8, 4) is 11.1 Å². The Morgan fingerprint density at radius 1 is 0.605 bits per heavy atom. The van der Waals surface area contributed by atoms with Crippen LogP contribution in [0.25, 0.3) is 11.1 Å². The van der Waals surface area contributed by atoms with Crippen molar-refractivity contribution in [1.82, 2.24) is 0 Å². The third kappa shape index (κ3) is 5.61. The van der Waals surface area contributed by atoms with Crippen LogP contribution in [0.4, 0.5) is 22.7 Å². The van der Waals surface area contributed by atoms with Crippen LogP contribution in [-0.4, -0.2) is 21.7 Å². The van der Waals surface area contributed by atoms with E-state index in [0.29, 0.717) is 11.1 Å². The summed E-state index contributed by atoms with van der Waals surface area (Å²) in [5, 5.41) is 27.9. The number of para-hydroxylation sites is 2. The molecular weight excluding hydrogens is 535 g/mol. The van der Waals surface area contributed by atoms with E-state index in [2.05, 4.69) is 10.6 Å². The predicted molar refractivity (Wildman–Crippen MR) is 144 cm³/mol. The topological polar surface area (TPSA) is 144 Å². The normalized spacial score (nSPS) is 10.5. The van der Waals surface area contributed by atoms with Crippen LogP contribution in [-0.2, 0) is 0 Å². The summed E-state index contributed by atoms with van der Waals surface area (Å²) >= 11 is 12.7. The van der Waals surface area contributed by atoms with Crippen molar-refractivity contribution in [2.24, 2.45) is 0 Å². The number of nitro groups is 2. The van der Waals surface area contributed by atoms with E-state index < -0.39 is 21.7 Å². The van der Waals surface area contributed by atoms with E-state index in [9.17, 15) is 29.8 Å². The average molecular weight is 551 g/mol. The second-order valence-corrected chi connectivity index (χ2v) is 8.66. The van der Waals surface area contributed by atoms with Crippen molar-refractivity contribution in [3.05, 3.63) is 126 Å². The summed E-state index contributed by atoms with van der Waals surface area (Å²) in [4.78, 5) is 46.4. The van der Waals surface area contributed by atoms with Gasteiger partial charge in [0, 0.05) is 12.1 Å². The van der Waals surface area contributed by atoms with Gasteiger partial charge in [0.05, 0.1) is 31.3 Å². The Bertz CT molecular complexity index is 1490. The lowest BCUT2D eigenvalue weighted by molar-refractivity contribution is -0.385. The van der Waals surface area contributed by atoms with Crippen LogP contribution < -0.4 is 10.6 Å². The van der Waals surface area contributed by atoms with Crippen molar-refractivity contribution in [3.63, 3.8) is 0 Å². The molecule has 0 aromatic heterocycles. The van der Waals surface area contributed by atoms with E-state index in [1.807, 2.05) is 0 Å². The first kappa shape index (κ1) is 26.3. The van der Waals surface area contributed by atoms with Crippen LogP contribution in [0.3, 0.4) is 0 Å². The number of benzene rings is 4. The number of amides is 2. The molecule has 0 radical (unpaired) electrons. The number of rotatable bonds is 7. The van der Waals surface area contributed by atoms with E-state index in [1.54, 1.807) is 36.4 Å². The molecule has 0 saturated heterocycles. The molecule has 0 aliphatic heterocycles. The molecule has 190 valence electrons. The van der Waals surface area contributed by atoms with Gasteiger partial charge in [0.2, 0.25) is 0 Å². The highest BCUT2D eigenvalue weighted by Gasteiger charge is 2.21. The smallest absolute Gasteiger partial charge is 0.282 e. The molecule has 0 atom stereocenters. The Morgan fingerprint density at radius 2 is 0.974 bits per heavy atom. The van der Waals surface area contributed by atoms with Crippen LogP contribution in [0.5, 0.6) is 0 Å². The zero-order chi connectivity index (χ0) is 27.4. The summed E-state index contributed by atoms with van der Waals surface area (Å²) in [6.45, 7) is 0. The fraction of sp³-hybridized carbons (Fsp3) is 0. The van der Waals surface area contributed by atoms with E-state index in [1.165, 1.54) is 48.5 Å². The molecular formula is C26H16Cl2N4O6. The van der Waals surface area contributed by atoms with Crippen LogP contribution in [0.1, 0.15) is 20.7 Å². The van der Waals surface area contributed by atoms with Gasteiger partial charge in [-0.15, -0.1) is 0 Å². The van der Waals surface area contributed by atoms with Gasteiger partial charge in [-0.25, -0.2) is 0 Å². The van der Waals surface area contributed by atoms with Gasteiger partial charge in [-0.1, -0.05) is 59.6 Å². The van der Waals surface area contributed by atoms with Crippen LogP contribution in [0.2, 0.25) is 10.0 Å². The number of hydrogen-bond acceptors (Lipinski definition) is 6. The lowest BCUT2D eigenvalue weighted by Crippen LogP contribution is -2.14. The van der Waals surface area contributed by atoms with Crippen molar-refractivity contribution < 1.29 is 19.4 Å². The first-order valence-electron chi connectivity index (χ1n) is 10.8. The van der Waals surface area contributed by atoms with Gasteiger partial charge in [-0.05, 0) is 47.5 Å². The van der Waals surface area contributed by atoms with Gasteiger partial charge in [-0.3, -0.25) is 29.8 Å². The number of nitrogens with zero attached hydrogens (tertiary/aromatic N) is 2. The molecule has 2 amide bonds. The molecule has 0 aliphatic carbocycles. The van der Waals surface area contributed by atoms with Crippen molar-refractivity contribution >= 4 is 57.8 Å². The summed E-state index contributed by atoms with van der Waals surface area (Å²) in [5.74, 6) is -1.37. The predicted octanol–water partition coefficient (Wildman–Crippen LogP) is 6.98. The largest absolute Gasteiger partial charge is 0.320 e. The lowest BCUT2D eigenvalue weighted by atomic mass is 10.0. The first-order chi connectivity index (χ1) is 18.2. The molecule has 0 saturated carbocycles. The summed E-state index contributed by atoms with van der Waals surface area (Å²) in [6, 6.07) is 20.7. The Labute approximate surface area is 225 Å². The second-order valence-electron chi connectivity index (χ2n) is 7.85. The van der Waals surface area contributed by atoms with Gasteiger partial charge in [-0.2, -0.15) is 0 Å². The number of hydrogen-bond donors (Lipinski definition) is 2. The highest BCUT2D eigenvalue weighted by molar-refractivity contribution is 6.35. The third-order valence-electron chi connectivity index (χ3n) is 5.46. The maximum atomic E-state index is 12.6. The molecule has 0 fully saturated rings. The fourth-order valence-electron chi connectivity index (χ4n) is 3.62. The lowest BCUT2D eigenvalue weighted by Gasteiger charge is -2.12. The molecule has 0 bridgehead atoms. The molecule has 0 spiro atoms. The number of nitro benzene ring substituents is 2. The zero-order valence-electron chi connectivity index (χ0n) is 19.2. The maximum absolute atomic E-state index is 12.6. The minimum atomic E-state index is -0.686. The van der Waals surface area contributed by atoms with Gasteiger partial charge in [0.15, 0.2) is 0 Å². The fourth-order valence-corrected chi connectivity index (χ4v) is 4.08. The molecule has 0 unspecified atom stereocenters. The number of anilines is 2. The van der Waals surface area contributed by atoms with Crippen molar-refractivity contribution in [1.29, 1.82) is 0 Å². The van der Waals surface area contributed by atoms with Crippen molar-refractivity contribution in [2.75, 3.05) is 10.6 Å². The molecule has 38 heavy (non-hydrogen) atoms. The average Bonchev–Trinajstić information content (AvgIpc) is 2.90. The Morgan fingerprint density at radius 3 is 1.32 bits per heavy atom. The summed E-state index contributed by atoms with van der Waals surface area (Å²) < 4.78 is 0. The number of nitrogens with one attached hydrogen (secondary N) is 2. The standard InChI is InChI=1S/C26H16Cl2N4O6/c27-19-13-15(9-11-21(19)29-25(33)17-5-1-3-7-23(17)31(35)36)16-10-12-22(20(28)14-16)30-26(34)18-6-2-4-8-24(18)32(37)38/h1-14H,(H,29,33)(H,30,34). The molecule has 0 heterocycles. The highest BCUT2D eigenvalue weighted by atomic mass is 35.5. The van der Waals surface area contributed by atoms with Gasteiger partial charge < -0.3 is 10.6 Å². The van der Waals surface area contributed by atoms with E-state index in [4.69, 9.17) is 23.2 Å². The van der Waals surface area contributed by atoms with Gasteiger partial charge in [0.25, 0.3) is 23.2 Å². The Hall–Kier alpha value is -4.80. The molecule has 4 aromatic carbocycles. The summed E-state index contributed by atoms with van der Waals surface area (Å²) in [7, 11) is 0. The monoisotopic (exact) mass is 550 g/mol. The Kier molecular flexibility index (Phi) is 7.66. The van der Waals surface area contributed by atoms with Crippen molar-refractivity contribution in [2.45, 2.75) is 0 Å². The Balaban J connectivity index is 1.52. The van der Waals surface area contributed by atoms with Crippen LogP contribution in [0.15, 0.2) is 84.9 Å². The SMILES string of the molecule is O=C(Nc1ccc(-c2ccc(NC(=O)c3ccccc3[N+](=O)[O-])c(Cl)c2)cc1Cl)c1ccccc1[N+](=O)[O-]. The van der Waals surface area contributed by atoms with Crippen LogP contribution >= 0.6 is 23.2 Å². The highest BCUT2D eigenvalue weighted by Crippen LogP contribution is 2.33. The number of halogens is 2. The summed E-state index contributed by atoms with van der Waals surface area (Å²) in [5.41, 5.74) is 0.888. The van der Waals surface area contributed by atoms with E-state index in [0.717, 1.165) is 0 Å². The number of carbonyl (C=O) groups excluding carboxylic acids is 2. The van der Waals surface area contributed by atoms with E-state index in [-0.39, 0.29) is 43.9 Å². The van der Waals surface area contributed by atoms with Crippen LogP contribution in [0, 0.1) is 20.2 Å². The minimum Gasteiger partial charge on any atom is -0.320 e. The minimum absolute atomic E-state index is 0.108. The first-order valence-corrected chi connectivity index (χ1v) is 11.6. The van der Waals surface area contributed by atoms with Gasteiger partial charge >= 0.3 is 0 Å². The molecule has 10 nitrogen and oxygen atoms in total. The third-order valence-corrected chi connectivity index (χ3v) is 6.08. The van der Waals surface area contributed by atoms with Gasteiger partial charge in [0.1, 0.15) is 11.1 Å². The summed E-state index contributed by atoms with van der Waals surface area (Å²) in [6.07, 6.45) is 0. The van der Waals surface area contributed by atoms with E-state index >= 15 is 0 Å². The molecule has 2 N–H and O–H groups in total. The maximum Gasteiger partial charge on any atom is 0.282 e. The second kappa shape index (κ2) is 11.1. The molecule has 0 aliphatic rings. The molecule has 12 heteroatoms.